The van der Waals surface area contributed by atoms with Crippen LogP contribution in [0.1, 0.15) is 15.9 Å². The van der Waals surface area contributed by atoms with Crippen LogP contribution in [0.4, 0.5) is 24.5 Å². The van der Waals surface area contributed by atoms with Crippen LogP contribution in [-0.4, -0.2) is 47.0 Å². The lowest BCUT2D eigenvalue weighted by Crippen LogP contribution is -2.49. The number of anilines is 2. The number of para-hydroxylation sites is 1. The molecule has 0 aliphatic carbocycles. The van der Waals surface area contributed by atoms with Gasteiger partial charge in [-0.2, -0.15) is 13.2 Å². The highest BCUT2D eigenvalue weighted by atomic mass is 32.2. The van der Waals surface area contributed by atoms with E-state index in [-0.39, 0.29) is 16.9 Å². The number of aliphatic hydroxyl groups excluding tert-OH is 1. The van der Waals surface area contributed by atoms with Crippen molar-refractivity contribution in [1.82, 2.24) is 10.6 Å². The first-order valence-electron chi connectivity index (χ1n) is 9.21. The normalized spacial score (nSPS) is 14.5. The maximum absolute atomic E-state index is 13.0. The Morgan fingerprint density at radius 1 is 1.16 bits per heavy atom. The number of aliphatic imine (C=N–C) groups is 1. The predicted octanol–water partition coefficient (Wildman–Crippen LogP) is 2.76. The average Bonchev–Trinajstić information content (AvgIpc) is 3.24. The molecule has 1 aliphatic rings. The molecule has 0 saturated heterocycles. The van der Waals surface area contributed by atoms with E-state index in [0.717, 1.165) is 17.9 Å². The molecule has 0 aromatic heterocycles. The summed E-state index contributed by atoms with van der Waals surface area (Å²) in [5.41, 5.74) is -0.349. The fourth-order valence-electron chi connectivity index (χ4n) is 2.75. The molecule has 0 radical (unpaired) electrons. The summed E-state index contributed by atoms with van der Waals surface area (Å²) in [6.45, 7) is -0.0657. The van der Waals surface area contributed by atoms with Gasteiger partial charge in [0.25, 0.3) is 11.8 Å². The maximum atomic E-state index is 13.0. The van der Waals surface area contributed by atoms with Gasteiger partial charge in [-0.25, -0.2) is 0 Å². The Kier molecular flexibility index (Phi) is 7.18. The molecule has 3 rings (SSSR count). The average molecular weight is 452 g/mol. The van der Waals surface area contributed by atoms with Gasteiger partial charge in [-0.1, -0.05) is 30.0 Å². The second-order valence-corrected chi connectivity index (χ2v) is 7.57. The van der Waals surface area contributed by atoms with Crippen molar-refractivity contribution < 1.29 is 27.9 Å². The van der Waals surface area contributed by atoms with Crippen LogP contribution in [0, 0.1) is 0 Å². The maximum Gasteiger partial charge on any atom is 0.416 e. The first-order valence-corrected chi connectivity index (χ1v) is 10.2. The van der Waals surface area contributed by atoms with Gasteiger partial charge in [0, 0.05) is 11.4 Å². The molecular formula is C20H19F3N4O3S. The van der Waals surface area contributed by atoms with Crippen molar-refractivity contribution in [3.63, 3.8) is 0 Å². The van der Waals surface area contributed by atoms with Crippen LogP contribution < -0.4 is 16.0 Å². The van der Waals surface area contributed by atoms with Gasteiger partial charge < -0.3 is 21.1 Å². The number of amidine groups is 1. The lowest BCUT2D eigenvalue weighted by atomic mass is 10.1. The van der Waals surface area contributed by atoms with E-state index in [1.54, 1.807) is 12.1 Å². The van der Waals surface area contributed by atoms with Gasteiger partial charge in [0.15, 0.2) is 5.17 Å². The highest BCUT2D eigenvalue weighted by Gasteiger charge is 2.30. The van der Waals surface area contributed by atoms with Crippen molar-refractivity contribution in [3.05, 3.63) is 59.7 Å². The summed E-state index contributed by atoms with van der Waals surface area (Å²) in [6.07, 6.45) is -4.50. The quantitative estimate of drug-likeness (QED) is 0.540. The van der Waals surface area contributed by atoms with Crippen LogP contribution in [0.25, 0.3) is 0 Å². The number of hydrogen-bond donors (Lipinski definition) is 4. The van der Waals surface area contributed by atoms with Crippen molar-refractivity contribution in [2.45, 2.75) is 12.2 Å². The van der Waals surface area contributed by atoms with Gasteiger partial charge in [0.2, 0.25) is 0 Å². The van der Waals surface area contributed by atoms with Gasteiger partial charge in [0.05, 0.1) is 30.0 Å². The lowest BCUT2D eigenvalue weighted by molar-refractivity contribution is -0.137. The topological polar surface area (TPSA) is 103 Å². The second kappa shape index (κ2) is 9.84. The number of thioether (sulfide) groups is 1. The minimum absolute atomic E-state index is 0.0961. The molecule has 11 heteroatoms. The number of aliphatic hydroxyl groups is 1. The van der Waals surface area contributed by atoms with E-state index in [4.69, 9.17) is 0 Å². The zero-order valence-corrected chi connectivity index (χ0v) is 16.9. The number of benzene rings is 2. The highest BCUT2D eigenvalue weighted by Crippen LogP contribution is 2.31. The third kappa shape index (κ3) is 5.98. The Balaban J connectivity index is 1.74. The molecule has 4 N–H and O–H groups in total. The fraction of sp³-hybridized carbons (Fsp3) is 0.250. The summed E-state index contributed by atoms with van der Waals surface area (Å²) >= 11 is 1.35. The Morgan fingerprint density at radius 3 is 2.61 bits per heavy atom. The molecule has 1 heterocycles. The van der Waals surface area contributed by atoms with Crippen LogP contribution in [0.2, 0.25) is 0 Å². The van der Waals surface area contributed by atoms with E-state index < -0.39 is 36.2 Å². The molecule has 2 aromatic rings. The van der Waals surface area contributed by atoms with E-state index in [0.29, 0.717) is 11.7 Å². The molecule has 0 spiro atoms. The molecular weight excluding hydrogens is 433 g/mol. The summed E-state index contributed by atoms with van der Waals surface area (Å²) in [5.74, 6) is -0.557. The summed E-state index contributed by atoms with van der Waals surface area (Å²) in [7, 11) is 0. The van der Waals surface area contributed by atoms with Crippen LogP contribution in [0.15, 0.2) is 53.5 Å². The van der Waals surface area contributed by atoms with Crippen LogP contribution in [0.3, 0.4) is 0 Å². The first-order chi connectivity index (χ1) is 14.8. The standard InChI is InChI=1S/C20H19F3N4O3S/c21-20(22,23)12-4-3-5-13(10-12)25-15-7-2-1-6-14(15)17(29)26-16(11-28)18(30)27-19-24-8-9-31-19/h1-7,10,16,25,28H,8-9,11H2,(H,26,29)(H,24,27,30)/t16-/m0/s1. The number of alkyl halides is 3. The number of carbonyl (C=O) groups is 2. The summed E-state index contributed by atoms with van der Waals surface area (Å²) < 4.78 is 38.9. The zero-order valence-electron chi connectivity index (χ0n) is 16.1. The largest absolute Gasteiger partial charge is 0.416 e. The van der Waals surface area contributed by atoms with Crippen molar-refractivity contribution in [2.24, 2.45) is 4.99 Å². The Morgan fingerprint density at radius 2 is 1.94 bits per heavy atom. The molecule has 31 heavy (non-hydrogen) atoms. The third-order valence-electron chi connectivity index (χ3n) is 4.26. The molecule has 0 bridgehead atoms. The Hall–Kier alpha value is -3.05. The van der Waals surface area contributed by atoms with Crippen molar-refractivity contribution in [2.75, 3.05) is 24.2 Å². The molecule has 0 fully saturated rings. The van der Waals surface area contributed by atoms with E-state index in [2.05, 4.69) is 20.9 Å². The Labute approximate surface area is 180 Å². The molecule has 0 unspecified atom stereocenters. The molecule has 2 aromatic carbocycles. The molecule has 7 nitrogen and oxygen atoms in total. The van der Waals surface area contributed by atoms with Crippen molar-refractivity contribution in [1.29, 1.82) is 0 Å². The Bertz CT molecular complexity index is 998. The minimum atomic E-state index is -4.50. The van der Waals surface area contributed by atoms with E-state index in [1.165, 1.54) is 36.0 Å². The van der Waals surface area contributed by atoms with E-state index in [1.807, 2.05) is 0 Å². The molecule has 1 atom stereocenters. The molecule has 1 aliphatic heterocycles. The van der Waals surface area contributed by atoms with Gasteiger partial charge in [-0.15, -0.1) is 0 Å². The van der Waals surface area contributed by atoms with E-state index >= 15 is 0 Å². The predicted molar refractivity (Wildman–Crippen MR) is 112 cm³/mol. The summed E-state index contributed by atoms with van der Waals surface area (Å²) in [4.78, 5) is 29.1. The van der Waals surface area contributed by atoms with Gasteiger partial charge in [-0.05, 0) is 30.3 Å². The number of rotatable bonds is 6. The SMILES string of the molecule is O=C(N[C@@H](CO)C(=O)NC1=NCCS1)c1ccccc1Nc1cccc(C(F)(F)F)c1. The third-order valence-corrected chi connectivity index (χ3v) is 5.15. The number of halogens is 3. The van der Waals surface area contributed by atoms with E-state index in [9.17, 15) is 27.9 Å². The molecule has 2 amide bonds. The van der Waals surface area contributed by atoms with Crippen LogP contribution >= 0.6 is 11.8 Å². The second-order valence-electron chi connectivity index (χ2n) is 6.48. The van der Waals surface area contributed by atoms with Gasteiger partial charge in [0.1, 0.15) is 6.04 Å². The smallest absolute Gasteiger partial charge is 0.394 e. The van der Waals surface area contributed by atoms with Crippen LogP contribution in [0.5, 0.6) is 0 Å². The zero-order chi connectivity index (χ0) is 22.4. The van der Waals surface area contributed by atoms with Gasteiger partial charge in [-0.3, -0.25) is 14.6 Å². The van der Waals surface area contributed by atoms with Crippen LogP contribution in [-0.2, 0) is 11.0 Å². The minimum Gasteiger partial charge on any atom is -0.394 e. The van der Waals surface area contributed by atoms with Crippen molar-refractivity contribution >= 4 is 40.1 Å². The number of amides is 2. The fourth-order valence-corrected chi connectivity index (χ4v) is 3.48. The summed E-state index contributed by atoms with van der Waals surface area (Å²) in [5, 5.41) is 17.7. The molecule has 164 valence electrons. The monoisotopic (exact) mass is 452 g/mol. The summed E-state index contributed by atoms with van der Waals surface area (Å²) in [6, 6.07) is 9.50. The number of nitrogens with zero attached hydrogens (tertiary/aromatic N) is 1. The molecule has 0 saturated carbocycles. The number of nitrogens with one attached hydrogen (secondary N) is 3. The number of carbonyl (C=O) groups excluding carboxylic acids is 2. The number of hydrogen-bond acceptors (Lipinski definition) is 6. The van der Waals surface area contributed by atoms with Gasteiger partial charge >= 0.3 is 6.18 Å². The highest BCUT2D eigenvalue weighted by molar-refractivity contribution is 8.14. The lowest BCUT2D eigenvalue weighted by Gasteiger charge is -2.18. The first kappa shape index (κ1) is 22.6. The van der Waals surface area contributed by atoms with Crippen molar-refractivity contribution in [3.8, 4) is 0 Å².